The number of allylic oxidation sites excluding steroid dienone is 1. The number of carboxylic acids is 1. The minimum Gasteiger partial charge on any atom is -0.478 e. The molecule has 0 aliphatic rings. The van der Waals surface area contributed by atoms with Crippen molar-refractivity contribution in [1.82, 2.24) is 0 Å². The monoisotopic (exact) mass is 281 g/mol. The van der Waals surface area contributed by atoms with Gasteiger partial charge in [-0.05, 0) is 29.5 Å². The van der Waals surface area contributed by atoms with Gasteiger partial charge in [0.05, 0.1) is 4.92 Å². The van der Waals surface area contributed by atoms with Crippen LogP contribution in [0.25, 0.3) is 5.57 Å². The number of nitro groups is 1. The van der Waals surface area contributed by atoms with Gasteiger partial charge < -0.3 is 5.11 Å². The van der Waals surface area contributed by atoms with Crippen LogP contribution in [-0.2, 0) is 4.79 Å². The number of hydrogen-bond acceptors (Lipinski definition) is 3. The Kier molecular flexibility index (Phi) is 4.27. The van der Waals surface area contributed by atoms with E-state index >= 15 is 0 Å². The molecule has 0 amide bonds. The molecule has 0 bridgehead atoms. The molecule has 0 atom stereocenters. The molecule has 0 aliphatic heterocycles. The summed E-state index contributed by atoms with van der Waals surface area (Å²) < 4.78 is 13.3. The van der Waals surface area contributed by atoms with Crippen LogP contribution in [0.4, 0.5) is 10.1 Å². The van der Waals surface area contributed by atoms with Crippen molar-refractivity contribution in [3.05, 3.63) is 45.3 Å². The van der Waals surface area contributed by atoms with Crippen molar-refractivity contribution in [2.24, 2.45) is 5.41 Å². The number of nitrogens with zero attached hydrogens (tertiary/aromatic N) is 1. The van der Waals surface area contributed by atoms with Gasteiger partial charge in [0.1, 0.15) is 0 Å². The van der Waals surface area contributed by atoms with Crippen LogP contribution < -0.4 is 0 Å². The van der Waals surface area contributed by atoms with Gasteiger partial charge in [-0.2, -0.15) is 4.39 Å². The van der Waals surface area contributed by atoms with Crippen LogP contribution in [0.15, 0.2) is 23.8 Å². The fraction of sp³-hybridized carbons (Fsp3) is 0.357. The number of carbonyl (C=O) groups is 1. The van der Waals surface area contributed by atoms with Crippen molar-refractivity contribution < 1.29 is 19.2 Å². The number of benzene rings is 1. The van der Waals surface area contributed by atoms with E-state index in [9.17, 15) is 24.4 Å². The van der Waals surface area contributed by atoms with E-state index < -0.39 is 27.8 Å². The summed E-state index contributed by atoms with van der Waals surface area (Å²) in [4.78, 5) is 21.3. The summed E-state index contributed by atoms with van der Waals surface area (Å²) >= 11 is 0. The summed E-state index contributed by atoms with van der Waals surface area (Å²) in [6, 6.07) is 3.37. The SMILES string of the molecule is CC(=C(C(=O)O)C(C)(C)C)c1ccc(F)c([N+](=O)[O-])c1. The lowest BCUT2D eigenvalue weighted by atomic mass is 9.82. The second-order valence-electron chi connectivity index (χ2n) is 5.48. The number of aliphatic carboxylic acids is 1. The van der Waals surface area contributed by atoms with Gasteiger partial charge in [0.25, 0.3) is 0 Å². The van der Waals surface area contributed by atoms with Gasteiger partial charge in [-0.25, -0.2) is 4.79 Å². The summed E-state index contributed by atoms with van der Waals surface area (Å²) in [7, 11) is 0. The van der Waals surface area contributed by atoms with Crippen molar-refractivity contribution in [3.63, 3.8) is 0 Å². The number of hydrogen-bond donors (Lipinski definition) is 1. The maximum Gasteiger partial charge on any atom is 0.332 e. The van der Waals surface area contributed by atoms with Gasteiger partial charge in [-0.1, -0.05) is 26.8 Å². The van der Waals surface area contributed by atoms with E-state index in [1.807, 2.05) is 0 Å². The maximum atomic E-state index is 13.3. The van der Waals surface area contributed by atoms with Gasteiger partial charge in [0.2, 0.25) is 5.82 Å². The van der Waals surface area contributed by atoms with Crippen molar-refractivity contribution in [2.75, 3.05) is 0 Å². The van der Waals surface area contributed by atoms with Crippen molar-refractivity contribution in [2.45, 2.75) is 27.7 Å². The topological polar surface area (TPSA) is 80.4 Å². The summed E-state index contributed by atoms with van der Waals surface area (Å²) in [6.07, 6.45) is 0. The largest absolute Gasteiger partial charge is 0.478 e. The Morgan fingerprint density at radius 3 is 2.30 bits per heavy atom. The first-order valence-corrected chi connectivity index (χ1v) is 5.94. The molecule has 1 N–H and O–H groups in total. The molecule has 0 aromatic heterocycles. The van der Waals surface area contributed by atoms with E-state index in [1.165, 1.54) is 6.07 Å². The third-order valence-corrected chi connectivity index (χ3v) is 2.91. The third-order valence-electron chi connectivity index (χ3n) is 2.91. The number of carboxylic acid groups (broad SMARTS) is 1. The van der Waals surface area contributed by atoms with E-state index in [4.69, 9.17) is 0 Å². The number of nitro benzene ring substituents is 1. The first-order chi connectivity index (χ1) is 9.05. The molecule has 0 saturated carbocycles. The summed E-state index contributed by atoms with van der Waals surface area (Å²) in [6.45, 7) is 6.76. The minimum atomic E-state index is -1.10. The second kappa shape index (κ2) is 5.40. The van der Waals surface area contributed by atoms with E-state index in [2.05, 4.69) is 0 Å². The van der Waals surface area contributed by atoms with Gasteiger partial charge in [-0.15, -0.1) is 0 Å². The van der Waals surface area contributed by atoms with Crippen LogP contribution in [0.5, 0.6) is 0 Å². The average molecular weight is 281 g/mol. The third kappa shape index (κ3) is 3.20. The minimum absolute atomic E-state index is 0.137. The van der Waals surface area contributed by atoms with Gasteiger partial charge in [0, 0.05) is 11.6 Å². The zero-order valence-electron chi connectivity index (χ0n) is 11.7. The Bertz CT molecular complexity index is 600. The van der Waals surface area contributed by atoms with Crippen LogP contribution in [-0.4, -0.2) is 16.0 Å². The molecule has 108 valence electrons. The standard InChI is InChI=1S/C14H16FNO4/c1-8(12(13(17)18)14(2,3)4)9-5-6-10(15)11(7-9)16(19)20/h5-7H,1-4H3,(H,17,18). The molecule has 0 radical (unpaired) electrons. The predicted octanol–water partition coefficient (Wildman–Crippen LogP) is 3.64. The second-order valence-corrected chi connectivity index (χ2v) is 5.48. The Morgan fingerprint density at radius 2 is 1.90 bits per heavy atom. The fourth-order valence-corrected chi connectivity index (χ4v) is 2.07. The summed E-state index contributed by atoms with van der Waals surface area (Å²) in [5.74, 6) is -2.04. The highest BCUT2D eigenvalue weighted by Gasteiger charge is 2.27. The molecule has 1 rings (SSSR count). The first kappa shape index (κ1) is 15.8. The molecular weight excluding hydrogens is 265 g/mol. The molecule has 0 fully saturated rings. The average Bonchev–Trinajstić information content (AvgIpc) is 2.26. The van der Waals surface area contributed by atoms with Crippen LogP contribution >= 0.6 is 0 Å². The normalized spacial score (nSPS) is 12.8. The highest BCUT2D eigenvalue weighted by Crippen LogP contribution is 2.34. The smallest absolute Gasteiger partial charge is 0.332 e. The Labute approximate surface area is 115 Å². The molecular formula is C14H16FNO4. The number of rotatable bonds is 3. The molecule has 0 aliphatic carbocycles. The molecule has 0 unspecified atom stereocenters. The molecule has 1 aromatic rings. The fourth-order valence-electron chi connectivity index (χ4n) is 2.07. The Hall–Kier alpha value is -2.24. The van der Waals surface area contributed by atoms with Gasteiger partial charge in [0.15, 0.2) is 0 Å². The van der Waals surface area contributed by atoms with Gasteiger partial charge >= 0.3 is 11.7 Å². The zero-order chi connectivity index (χ0) is 15.7. The molecule has 6 heteroatoms. The van der Waals surface area contributed by atoms with Crippen LogP contribution in [0, 0.1) is 21.3 Å². The van der Waals surface area contributed by atoms with Crippen molar-refractivity contribution in [1.29, 1.82) is 0 Å². The van der Waals surface area contributed by atoms with E-state index in [-0.39, 0.29) is 5.57 Å². The van der Waals surface area contributed by atoms with E-state index in [0.29, 0.717) is 11.1 Å². The predicted molar refractivity (Wildman–Crippen MR) is 72.7 cm³/mol. The van der Waals surface area contributed by atoms with Gasteiger partial charge in [-0.3, -0.25) is 10.1 Å². The van der Waals surface area contributed by atoms with Crippen LogP contribution in [0.2, 0.25) is 0 Å². The van der Waals surface area contributed by atoms with Crippen LogP contribution in [0.3, 0.4) is 0 Å². The highest BCUT2D eigenvalue weighted by atomic mass is 19.1. The Morgan fingerprint density at radius 1 is 1.35 bits per heavy atom. The van der Waals surface area contributed by atoms with E-state index in [0.717, 1.165) is 12.1 Å². The lowest BCUT2D eigenvalue weighted by Gasteiger charge is -2.22. The summed E-state index contributed by atoms with van der Waals surface area (Å²) in [5.41, 5.74) is -0.462. The molecule has 20 heavy (non-hydrogen) atoms. The Balaban J connectivity index is 3.54. The zero-order valence-corrected chi connectivity index (χ0v) is 11.7. The molecule has 0 heterocycles. The lowest BCUT2D eigenvalue weighted by molar-refractivity contribution is -0.387. The lowest BCUT2D eigenvalue weighted by Crippen LogP contribution is -2.19. The molecule has 1 aromatic carbocycles. The van der Waals surface area contributed by atoms with Crippen LogP contribution in [0.1, 0.15) is 33.3 Å². The molecule has 0 spiro atoms. The quantitative estimate of drug-likeness (QED) is 0.521. The highest BCUT2D eigenvalue weighted by molar-refractivity contribution is 5.97. The molecule has 0 saturated heterocycles. The maximum absolute atomic E-state index is 13.3. The number of halogens is 1. The molecule has 5 nitrogen and oxygen atoms in total. The van der Waals surface area contributed by atoms with Crippen molar-refractivity contribution in [3.8, 4) is 0 Å². The van der Waals surface area contributed by atoms with E-state index in [1.54, 1.807) is 27.7 Å². The first-order valence-electron chi connectivity index (χ1n) is 5.94. The summed E-state index contributed by atoms with van der Waals surface area (Å²) in [5, 5.41) is 20.0. The van der Waals surface area contributed by atoms with Crippen molar-refractivity contribution >= 4 is 17.2 Å².